The van der Waals surface area contributed by atoms with E-state index < -0.39 is 21.4 Å². The molecule has 0 aromatic heterocycles. The van der Waals surface area contributed by atoms with E-state index in [1.807, 2.05) is 72.8 Å². The fourth-order valence-electron chi connectivity index (χ4n) is 2.80. The summed E-state index contributed by atoms with van der Waals surface area (Å²) in [5.74, 6) is 0. The molecule has 0 atom stereocenters. The first-order valence-electron chi connectivity index (χ1n) is 8.42. The molecule has 0 aliphatic carbocycles. The number of rotatable bonds is 3. The van der Waals surface area contributed by atoms with Crippen LogP contribution in [0.2, 0.25) is 0 Å². The topological polar surface area (TPSA) is 27.7 Å². The highest BCUT2D eigenvalue weighted by Gasteiger charge is 2.43. The van der Waals surface area contributed by atoms with Gasteiger partial charge in [0.1, 0.15) is 0 Å². The Labute approximate surface area is 176 Å². The smallest absolute Gasteiger partial charge is 0.445 e. The summed E-state index contributed by atoms with van der Waals surface area (Å²) in [7, 11) is -1.68. The second-order valence-corrected chi connectivity index (χ2v) is 7.73. The number of benzene rings is 3. The minimum absolute atomic E-state index is 0.561. The lowest BCUT2D eigenvalue weighted by Crippen LogP contribution is -2.61. The second-order valence-electron chi connectivity index (χ2n) is 6.18. The number of thiol groups is 3. The fraction of sp³-hybridized carbons (Fsp3) is 0. The Kier molecular flexibility index (Phi) is 5.97. The molecule has 132 valence electrons. The van der Waals surface area contributed by atoms with Gasteiger partial charge in [0, 0.05) is 14.7 Å². The minimum Gasteiger partial charge on any atom is -0.445 e. The Morgan fingerprint density at radius 2 is 0.630 bits per heavy atom. The van der Waals surface area contributed by atoms with Crippen molar-refractivity contribution in [3.63, 3.8) is 0 Å². The number of hydrogen-bond donors (Lipinski definition) is 3. The molecule has 0 radical (unpaired) electrons. The van der Waals surface area contributed by atoms with Crippen LogP contribution >= 0.6 is 37.9 Å². The van der Waals surface area contributed by atoms with Crippen LogP contribution in [0.1, 0.15) is 0 Å². The molecular weight excluding hydrogens is 393 g/mol. The van der Waals surface area contributed by atoms with Crippen LogP contribution in [0.3, 0.4) is 0 Å². The zero-order valence-corrected chi connectivity index (χ0v) is 16.9. The van der Waals surface area contributed by atoms with Crippen LogP contribution in [0, 0.1) is 0 Å². The van der Waals surface area contributed by atoms with E-state index in [0.717, 1.165) is 31.1 Å². The molecule has 1 heterocycles. The van der Waals surface area contributed by atoms with Crippen molar-refractivity contribution in [3.8, 4) is 0 Å². The largest absolute Gasteiger partial charge is 0.467 e. The molecule has 0 saturated carbocycles. The molecule has 0 unspecified atom stereocenters. The maximum atomic E-state index is 6.10. The quantitative estimate of drug-likeness (QED) is 0.458. The van der Waals surface area contributed by atoms with Gasteiger partial charge in [0.15, 0.2) is 0 Å². The van der Waals surface area contributed by atoms with E-state index in [2.05, 4.69) is 37.9 Å². The third-order valence-electron chi connectivity index (χ3n) is 4.24. The van der Waals surface area contributed by atoms with Gasteiger partial charge in [-0.25, -0.2) is 0 Å². The molecule has 9 heteroatoms. The summed E-state index contributed by atoms with van der Waals surface area (Å²) < 4.78 is 18.3. The number of hydrogen-bond acceptors (Lipinski definition) is 6. The average molecular weight is 408 g/mol. The van der Waals surface area contributed by atoms with Gasteiger partial charge < -0.3 is 13.7 Å². The van der Waals surface area contributed by atoms with Gasteiger partial charge in [-0.05, 0) is 52.8 Å². The molecule has 1 saturated heterocycles. The molecule has 1 fully saturated rings. The van der Waals surface area contributed by atoms with Crippen molar-refractivity contribution in [1.82, 2.24) is 0 Å². The van der Waals surface area contributed by atoms with Crippen molar-refractivity contribution in [3.05, 3.63) is 72.8 Å². The van der Waals surface area contributed by atoms with Crippen LogP contribution in [-0.2, 0) is 13.7 Å². The first kappa shape index (κ1) is 19.1. The summed E-state index contributed by atoms with van der Waals surface area (Å²) in [6.45, 7) is 0. The monoisotopic (exact) mass is 408 g/mol. The normalized spacial score (nSPS) is 14.6. The SMILES string of the molecule is Sc1ccc(B2OB(c3ccc(S)cc3)OB(c3ccc(S)cc3)O2)cc1. The van der Waals surface area contributed by atoms with E-state index in [0.29, 0.717) is 0 Å². The molecule has 27 heavy (non-hydrogen) atoms. The summed E-state index contributed by atoms with van der Waals surface area (Å²) >= 11 is 13.0. The van der Waals surface area contributed by atoms with Crippen LogP contribution in [0.25, 0.3) is 0 Å². The van der Waals surface area contributed by atoms with Crippen molar-refractivity contribution in [2.24, 2.45) is 0 Å². The molecular formula is C18H15B3O3S3. The van der Waals surface area contributed by atoms with Gasteiger partial charge in [-0.2, -0.15) is 0 Å². The first-order valence-corrected chi connectivity index (χ1v) is 9.76. The highest BCUT2D eigenvalue weighted by Crippen LogP contribution is 2.13. The van der Waals surface area contributed by atoms with E-state index in [-0.39, 0.29) is 0 Å². The molecule has 0 amide bonds. The molecule has 1 aliphatic rings. The Balaban J connectivity index is 1.66. The Bertz CT molecular complexity index is 779. The molecule has 1 aliphatic heterocycles. The Morgan fingerprint density at radius 3 is 0.852 bits per heavy atom. The highest BCUT2D eigenvalue weighted by molar-refractivity contribution is 7.80. The maximum Gasteiger partial charge on any atom is 0.467 e. The highest BCUT2D eigenvalue weighted by atomic mass is 32.1. The standard InChI is InChI=1S/C18H15B3O3S3/c25-16-7-1-13(2-8-16)19-22-20(14-3-9-17(26)10-4-14)24-21(23-19)15-5-11-18(27)12-6-15/h1-12,25-27H. The zero-order valence-electron chi connectivity index (χ0n) is 14.2. The molecule has 0 spiro atoms. The van der Waals surface area contributed by atoms with E-state index in [4.69, 9.17) is 13.7 Å². The van der Waals surface area contributed by atoms with E-state index in [9.17, 15) is 0 Å². The van der Waals surface area contributed by atoms with Gasteiger partial charge in [-0.15, -0.1) is 37.9 Å². The van der Waals surface area contributed by atoms with Crippen LogP contribution < -0.4 is 16.4 Å². The van der Waals surface area contributed by atoms with Crippen LogP contribution in [0.5, 0.6) is 0 Å². The lowest BCUT2D eigenvalue weighted by Gasteiger charge is -2.31. The van der Waals surface area contributed by atoms with E-state index in [1.165, 1.54) is 0 Å². The molecule has 3 aromatic carbocycles. The minimum atomic E-state index is -0.561. The zero-order chi connectivity index (χ0) is 18.8. The van der Waals surface area contributed by atoms with Gasteiger partial charge in [-0.3, -0.25) is 0 Å². The lowest BCUT2D eigenvalue weighted by molar-refractivity contribution is 0.308. The van der Waals surface area contributed by atoms with Crippen molar-refractivity contribution in [2.75, 3.05) is 0 Å². The van der Waals surface area contributed by atoms with Crippen molar-refractivity contribution < 1.29 is 13.7 Å². The van der Waals surface area contributed by atoms with Crippen LogP contribution in [0.15, 0.2) is 87.5 Å². The predicted molar refractivity (Wildman–Crippen MR) is 121 cm³/mol. The summed E-state index contributed by atoms with van der Waals surface area (Å²) in [6, 6.07) is 23.1. The van der Waals surface area contributed by atoms with Crippen LogP contribution in [0.4, 0.5) is 0 Å². The van der Waals surface area contributed by atoms with Gasteiger partial charge in [0.05, 0.1) is 0 Å². The molecule has 4 rings (SSSR count). The second kappa shape index (κ2) is 8.43. The molecule has 3 aromatic rings. The molecule has 0 bridgehead atoms. The molecule has 3 nitrogen and oxygen atoms in total. The Morgan fingerprint density at radius 1 is 0.407 bits per heavy atom. The van der Waals surface area contributed by atoms with Gasteiger partial charge in [-0.1, -0.05) is 36.4 Å². The summed E-state index contributed by atoms with van der Waals surface area (Å²) in [4.78, 5) is 2.65. The van der Waals surface area contributed by atoms with E-state index >= 15 is 0 Å². The first-order chi connectivity index (χ1) is 13.1. The summed E-state index contributed by atoms with van der Waals surface area (Å²) in [5.41, 5.74) is 2.72. The van der Waals surface area contributed by atoms with Gasteiger partial charge >= 0.3 is 21.4 Å². The summed E-state index contributed by atoms with van der Waals surface area (Å²) in [6.07, 6.45) is 0. The average Bonchev–Trinajstić information content (AvgIpc) is 2.69. The van der Waals surface area contributed by atoms with Gasteiger partial charge in [0.25, 0.3) is 0 Å². The fourth-order valence-corrected chi connectivity index (χ4v) is 3.25. The summed E-state index contributed by atoms with van der Waals surface area (Å²) in [5, 5.41) is 0. The van der Waals surface area contributed by atoms with Crippen molar-refractivity contribution in [2.45, 2.75) is 14.7 Å². The molecule has 0 N–H and O–H groups in total. The van der Waals surface area contributed by atoms with Gasteiger partial charge in [0.2, 0.25) is 0 Å². The Hall–Kier alpha value is -1.22. The van der Waals surface area contributed by atoms with Crippen molar-refractivity contribution >= 4 is 75.6 Å². The maximum absolute atomic E-state index is 6.10. The third-order valence-corrected chi connectivity index (χ3v) is 5.13. The van der Waals surface area contributed by atoms with Crippen LogP contribution in [-0.4, -0.2) is 21.4 Å². The van der Waals surface area contributed by atoms with E-state index in [1.54, 1.807) is 0 Å². The predicted octanol–water partition coefficient (Wildman–Crippen LogP) is 2.10. The lowest BCUT2D eigenvalue weighted by atomic mass is 9.61. The third kappa shape index (κ3) is 4.62. The van der Waals surface area contributed by atoms with Crippen molar-refractivity contribution in [1.29, 1.82) is 0 Å².